The summed E-state index contributed by atoms with van der Waals surface area (Å²) >= 11 is 3.54. The van der Waals surface area contributed by atoms with Crippen LogP contribution in [0.1, 0.15) is 11.3 Å². The maximum Gasteiger partial charge on any atom is 0.137 e. The molecule has 4 heteroatoms. The molecule has 2 nitrogen and oxygen atoms in total. The largest absolute Gasteiger partial charge is 0.298 e. The molecule has 19 heavy (non-hydrogen) atoms. The van der Waals surface area contributed by atoms with Crippen LogP contribution < -0.4 is 0 Å². The molecule has 2 aromatic heterocycles. The maximum absolute atomic E-state index is 13.0. The molecule has 3 rings (SSSR count). The Morgan fingerprint density at radius 2 is 1.84 bits per heavy atom. The van der Waals surface area contributed by atoms with Crippen LogP contribution >= 0.6 is 15.9 Å². The molecule has 0 atom stereocenters. The lowest BCUT2D eigenvalue weighted by Gasteiger charge is -2.05. The Morgan fingerprint density at radius 1 is 1.16 bits per heavy atom. The smallest absolute Gasteiger partial charge is 0.137 e. The van der Waals surface area contributed by atoms with E-state index in [0.717, 1.165) is 32.6 Å². The van der Waals surface area contributed by atoms with Crippen molar-refractivity contribution in [1.82, 2.24) is 9.38 Å². The van der Waals surface area contributed by atoms with Gasteiger partial charge in [-0.25, -0.2) is 9.37 Å². The van der Waals surface area contributed by atoms with Crippen molar-refractivity contribution in [3.63, 3.8) is 0 Å². The molecule has 0 fully saturated rings. The summed E-state index contributed by atoms with van der Waals surface area (Å²) in [7, 11) is 0. The number of imidazole rings is 1. The summed E-state index contributed by atoms with van der Waals surface area (Å²) in [5, 5.41) is 0. The second-order valence-electron chi connectivity index (χ2n) is 4.59. The molecule has 0 radical (unpaired) electrons. The number of benzene rings is 1. The van der Waals surface area contributed by atoms with E-state index in [-0.39, 0.29) is 5.82 Å². The number of nitrogens with zero attached hydrogens (tertiary/aromatic N) is 2. The summed E-state index contributed by atoms with van der Waals surface area (Å²) in [6.45, 7) is 4.00. The molecular formula is C15H12BrFN2. The first kappa shape index (κ1) is 12.4. The molecule has 0 bridgehead atoms. The zero-order chi connectivity index (χ0) is 13.6. The molecule has 0 spiro atoms. The van der Waals surface area contributed by atoms with Gasteiger partial charge in [-0.15, -0.1) is 0 Å². The van der Waals surface area contributed by atoms with E-state index in [2.05, 4.69) is 20.9 Å². The Labute approximate surface area is 119 Å². The van der Waals surface area contributed by atoms with Crippen LogP contribution in [0.15, 0.2) is 41.0 Å². The summed E-state index contributed by atoms with van der Waals surface area (Å²) in [6.07, 6.45) is 2.00. The Hall–Kier alpha value is -1.68. The molecule has 0 saturated carbocycles. The Kier molecular flexibility index (Phi) is 2.90. The third kappa shape index (κ3) is 2.06. The molecule has 0 amide bonds. The van der Waals surface area contributed by atoms with E-state index in [4.69, 9.17) is 0 Å². The number of pyridine rings is 1. The Bertz CT molecular complexity index is 760. The van der Waals surface area contributed by atoms with Gasteiger partial charge in [0.05, 0.1) is 11.4 Å². The summed E-state index contributed by atoms with van der Waals surface area (Å²) in [4.78, 5) is 4.56. The first-order valence-electron chi connectivity index (χ1n) is 5.97. The quantitative estimate of drug-likeness (QED) is 0.644. The first-order valence-corrected chi connectivity index (χ1v) is 6.76. The normalized spacial score (nSPS) is 11.2. The molecule has 0 aliphatic carbocycles. The van der Waals surface area contributed by atoms with E-state index in [1.165, 1.54) is 12.1 Å². The molecule has 96 valence electrons. The van der Waals surface area contributed by atoms with Crippen LogP contribution in [0.4, 0.5) is 4.39 Å². The molecule has 0 aliphatic heterocycles. The van der Waals surface area contributed by atoms with E-state index in [1.54, 1.807) is 12.1 Å². The Morgan fingerprint density at radius 3 is 2.53 bits per heavy atom. The number of fused-ring (bicyclic) bond motifs is 1. The maximum atomic E-state index is 13.0. The standard InChI is InChI=1S/C15H12BrFN2/c1-9-7-14-18-10(2)15(19(14)8-13(9)16)11-3-5-12(17)6-4-11/h3-8H,1-2H3. The molecule has 0 aliphatic rings. The van der Waals surface area contributed by atoms with Gasteiger partial charge >= 0.3 is 0 Å². The lowest BCUT2D eigenvalue weighted by atomic mass is 10.1. The van der Waals surface area contributed by atoms with Gasteiger partial charge in [-0.3, -0.25) is 4.40 Å². The molecule has 2 heterocycles. The number of aromatic nitrogens is 2. The summed E-state index contributed by atoms with van der Waals surface area (Å²) in [5.74, 6) is -0.229. The van der Waals surface area contributed by atoms with Gasteiger partial charge < -0.3 is 0 Å². The van der Waals surface area contributed by atoms with Crippen LogP contribution in [0.3, 0.4) is 0 Å². The van der Waals surface area contributed by atoms with Gasteiger partial charge in [-0.1, -0.05) is 0 Å². The van der Waals surface area contributed by atoms with Crippen molar-refractivity contribution in [3.8, 4) is 11.3 Å². The predicted octanol–water partition coefficient (Wildman–Crippen LogP) is 4.52. The van der Waals surface area contributed by atoms with Crippen LogP contribution in [0.2, 0.25) is 0 Å². The van der Waals surface area contributed by atoms with Crippen molar-refractivity contribution in [2.75, 3.05) is 0 Å². The highest BCUT2D eigenvalue weighted by Gasteiger charge is 2.12. The van der Waals surface area contributed by atoms with Crippen LogP contribution in [-0.2, 0) is 0 Å². The van der Waals surface area contributed by atoms with E-state index < -0.39 is 0 Å². The van der Waals surface area contributed by atoms with Gasteiger partial charge in [0.1, 0.15) is 11.5 Å². The minimum atomic E-state index is -0.229. The van der Waals surface area contributed by atoms with Gasteiger partial charge in [-0.05, 0) is 65.7 Å². The van der Waals surface area contributed by atoms with Crippen molar-refractivity contribution < 1.29 is 4.39 Å². The highest BCUT2D eigenvalue weighted by molar-refractivity contribution is 9.10. The van der Waals surface area contributed by atoms with Crippen molar-refractivity contribution in [2.45, 2.75) is 13.8 Å². The van der Waals surface area contributed by atoms with Gasteiger partial charge in [0.15, 0.2) is 0 Å². The zero-order valence-corrected chi connectivity index (χ0v) is 12.2. The van der Waals surface area contributed by atoms with Crippen LogP contribution in [0, 0.1) is 19.7 Å². The fraction of sp³-hybridized carbons (Fsp3) is 0.133. The van der Waals surface area contributed by atoms with Crippen molar-refractivity contribution >= 4 is 21.6 Å². The lowest BCUT2D eigenvalue weighted by molar-refractivity contribution is 0.628. The topological polar surface area (TPSA) is 17.3 Å². The van der Waals surface area contributed by atoms with Crippen LogP contribution in [-0.4, -0.2) is 9.38 Å². The first-order chi connectivity index (χ1) is 9.06. The van der Waals surface area contributed by atoms with Crippen molar-refractivity contribution in [3.05, 3.63) is 58.1 Å². The van der Waals surface area contributed by atoms with E-state index in [0.29, 0.717) is 0 Å². The summed E-state index contributed by atoms with van der Waals surface area (Å²) in [6, 6.07) is 8.53. The lowest BCUT2D eigenvalue weighted by Crippen LogP contribution is -1.91. The molecule has 0 N–H and O–H groups in total. The Balaban J connectivity index is 2.31. The molecule has 3 aromatic rings. The number of hydrogen-bond donors (Lipinski definition) is 0. The summed E-state index contributed by atoms with van der Waals surface area (Å²) in [5.41, 5.74) is 4.93. The number of aryl methyl sites for hydroxylation is 2. The monoisotopic (exact) mass is 318 g/mol. The average Bonchev–Trinajstić information content (AvgIpc) is 2.67. The average molecular weight is 319 g/mol. The molecular weight excluding hydrogens is 307 g/mol. The highest BCUT2D eigenvalue weighted by Crippen LogP contribution is 2.27. The minimum absolute atomic E-state index is 0.229. The van der Waals surface area contributed by atoms with Crippen LogP contribution in [0.25, 0.3) is 16.9 Å². The highest BCUT2D eigenvalue weighted by atomic mass is 79.9. The number of halogens is 2. The van der Waals surface area contributed by atoms with Crippen molar-refractivity contribution in [1.29, 1.82) is 0 Å². The molecule has 1 aromatic carbocycles. The second kappa shape index (κ2) is 4.46. The van der Waals surface area contributed by atoms with Gasteiger partial charge in [0.25, 0.3) is 0 Å². The van der Waals surface area contributed by atoms with E-state index in [9.17, 15) is 4.39 Å². The number of hydrogen-bond acceptors (Lipinski definition) is 1. The minimum Gasteiger partial charge on any atom is -0.298 e. The SMILES string of the molecule is Cc1cc2nc(C)c(-c3ccc(F)cc3)n2cc1Br. The van der Waals surface area contributed by atoms with Gasteiger partial charge in [0.2, 0.25) is 0 Å². The van der Waals surface area contributed by atoms with Gasteiger partial charge in [-0.2, -0.15) is 0 Å². The second-order valence-corrected chi connectivity index (χ2v) is 5.44. The fourth-order valence-corrected chi connectivity index (χ4v) is 2.55. The predicted molar refractivity (Wildman–Crippen MR) is 77.8 cm³/mol. The zero-order valence-electron chi connectivity index (χ0n) is 10.6. The molecule has 0 unspecified atom stereocenters. The van der Waals surface area contributed by atoms with Crippen molar-refractivity contribution in [2.24, 2.45) is 0 Å². The number of rotatable bonds is 1. The van der Waals surface area contributed by atoms with Crippen LogP contribution in [0.5, 0.6) is 0 Å². The third-order valence-electron chi connectivity index (χ3n) is 3.20. The summed E-state index contributed by atoms with van der Waals surface area (Å²) < 4.78 is 16.1. The molecule has 0 saturated heterocycles. The van der Waals surface area contributed by atoms with E-state index >= 15 is 0 Å². The fourth-order valence-electron chi connectivity index (χ4n) is 2.23. The van der Waals surface area contributed by atoms with E-state index in [1.807, 2.05) is 30.5 Å². The van der Waals surface area contributed by atoms with Gasteiger partial charge in [0, 0.05) is 16.2 Å². The third-order valence-corrected chi connectivity index (χ3v) is 4.03.